The highest BCUT2D eigenvalue weighted by molar-refractivity contribution is 5.79. The molecule has 0 unspecified atom stereocenters. The van der Waals surface area contributed by atoms with Gasteiger partial charge in [-0.25, -0.2) is 4.68 Å². The van der Waals surface area contributed by atoms with Gasteiger partial charge in [0.15, 0.2) is 11.8 Å². The Hall–Kier alpha value is -3.16. The van der Waals surface area contributed by atoms with Crippen molar-refractivity contribution in [2.75, 3.05) is 19.6 Å². The van der Waals surface area contributed by atoms with Crippen molar-refractivity contribution in [1.82, 2.24) is 30.6 Å². The predicted molar refractivity (Wildman–Crippen MR) is 104 cm³/mol. The Morgan fingerprint density at radius 3 is 2.70 bits per heavy atom. The minimum Gasteiger partial charge on any atom is -0.357 e. The average molecular weight is 367 g/mol. The van der Waals surface area contributed by atoms with Crippen LogP contribution in [-0.2, 0) is 12.8 Å². The zero-order chi connectivity index (χ0) is 18.9. The van der Waals surface area contributed by atoms with E-state index >= 15 is 0 Å². The van der Waals surface area contributed by atoms with Gasteiger partial charge in [0, 0.05) is 31.9 Å². The number of rotatable bonds is 8. The molecule has 8 heteroatoms. The van der Waals surface area contributed by atoms with Crippen LogP contribution in [-0.4, -0.2) is 45.5 Å². The zero-order valence-electron chi connectivity index (χ0n) is 15.7. The Kier molecular flexibility index (Phi) is 6.56. The maximum atomic E-state index is 5.10. The molecule has 0 spiro atoms. The third-order valence-corrected chi connectivity index (χ3v) is 3.92. The fourth-order valence-electron chi connectivity index (χ4n) is 2.61. The lowest BCUT2D eigenvalue weighted by Crippen LogP contribution is -2.38. The Labute approximate surface area is 158 Å². The van der Waals surface area contributed by atoms with Crippen molar-refractivity contribution in [2.45, 2.75) is 26.7 Å². The molecule has 8 nitrogen and oxygen atoms in total. The largest absolute Gasteiger partial charge is 0.357 e. The van der Waals surface area contributed by atoms with E-state index in [1.807, 2.05) is 30.8 Å². The van der Waals surface area contributed by atoms with Crippen LogP contribution in [0.2, 0.25) is 0 Å². The van der Waals surface area contributed by atoms with Gasteiger partial charge in [-0.3, -0.25) is 4.99 Å². The van der Waals surface area contributed by atoms with Crippen LogP contribution in [0.15, 0.2) is 52.2 Å². The summed E-state index contributed by atoms with van der Waals surface area (Å²) in [4.78, 5) is 8.74. The average Bonchev–Trinajstić information content (AvgIpc) is 3.34. The number of nitrogens with zero attached hydrogens (tertiary/aromatic N) is 5. The summed E-state index contributed by atoms with van der Waals surface area (Å²) in [5.74, 6) is 2.06. The number of aryl methyl sites for hydroxylation is 1. The van der Waals surface area contributed by atoms with Gasteiger partial charge < -0.3 is 15.2 Å². The van der Waals surface area contributed by atoms with Crippen molar-refractivity contribution in [3.05, 3.63) is 60.0 Å². The summed E-state index contributed by atoms with van der Waals surface area (Å²) in [7, 11) is 0. The molecule has 2 heterocycles. The molecule has 3 aromatic rings. The van der Waals surface area contributed by atoms with Crippen LogP contribution in [0.3, 0.4) is 0 Å². The van der Waals surface area contributed by atoms with Crippen molar-refractivity contribution in [1.29, 1.82) is 0 Å². The Morgan fingerprint density at radius 1 is 1.19 bits per heavy atom. The SMILES string of the molecule is CCNC(=NCCc1nc(C)no1)NCCc1ccc(-n2cccn2)cc1. The second-order valence-corrected chi connectivity index (χ2v) is 6.04. The van der Waals surface area contributed by atoms with Crippen molar-refractivity contribution in [3.8, 4) is 5.69 Å². The molecule has 2 aromatic heterocycles. The molecule has 2 N–H and O–H groups in total. The van der Waals surface area contributed by atoms with Gasteiger partial charge in [0.2, 0.25) is 5.89 Å². The topological polar surface area (TPSA) is 93.2 Å². The van der Waals surface area contributed by atoms with Gasteiger partial charge in [-0.1, -0.05) is 17.3 Å². The molecule has 0 aliphatic carbocycles. The number of aromatic nitrogens is 4. The highest BCUT2D eigenvalue weighted by Gasteiger charge is 2.03. The van der Waals surface area contributed by atoms with Crippen molar-refractivity contribution >= 4 is 5.96 Å². The third kappa shape index (κ3) is 5.67. The monoisotopic (exact) mass is 367 g/mol. The van der Waals surface area contributed by atoms with Crippen LogP contribution < -0.4 is 10.6 Å². The Balaban J connectivity index is 1.46. The minimum absolute atomic E-state index is 0.593. The normalized spacial score (nSPS) is 11.6. The van der Waals surface area contributed by atoms with Gasteiger partial charge in [-0.15, -0.1) is 0 Å². The Morgan fingerprint density at radius 2 is 2.04 bits per heavy atom. The maximum Gasteiger partial charge on any atom is 0.228 e. The highest BCUT2D eigenvalue weighted by Crippen LogP contribution is 2.08. The molecule has 0 radical (unpaired) electrons. The number of benzene rings is 1. The number of hydrogen-bond acceptors (Lipinski definition) is 5. The van der Waals surface area contributed by atoms with E-state index in [1.54, 1.807) is 6.20 Å². The first-order valence-corrected chi connectivity index (χ1v) is 9.15. The van der Waals surface area contributed by atoms with E-state index in [0.717, 1.165) is 31.2 Å². The lowest BCUT2D eigenvalue weighted by atomic mass is 10.1. The van der Waals surface area contributed by atoms with Crippen LogP contribution in [0, 0.1) is 6.92 Å². The highest BCUT2D eigenvalue weighted by atomic mass is 16.5. The van der Waals surface area contributed by atoms with E-state index in [1.165, 1.54) is 5.56 Å². The molecule has 0 fully saturated rings. The van der Waals surface area contributed by atoms with Crippen LogP contribution in [0.4, 0.5) is 0 Å². The lowest BCUT2D eigenvalue weighted by Gasteiger charge is -2.11. The fourth-order valence-corrected chi connectivity index (χ4v) is 2.61. The second-order valence-electron chi connectivity index (χ2n) is 6.04. The van der Waals surface area contributed by atoms with Crippen LogP contribution >= 0.6 is 0 Å². The summed E-state index contributed by atoms with van der Waals surface area (Å²) in [6.45, 7) is 6.06. The zero-order valence-corrected chi connectivity index (χ0v) is 15.7. The smallest absolute Gasteiger partial charge is 0.228 e. The second kappa shape index (κ2) is 9.51. The molecule has 0 amide bonds. The third-order valence-electron chi connectivity index (χ3n) is 3.92. The van der Waals surface area contributed by atoms with Gasteiger partial charge in [0.05, 0.1) is 12.2 Å². The number of hydrogen-bond donors (Lipinski definition) is 2. The van der Waals surface area contributed by atoms with Crippen molar-refractivity contribution in [3.63, 3.8) is 0 Å². The van der Waals surface area contributed by atoms with Crippen LogP contribution in [0.5, 0.6) is 0 Å². The molecule has 1 aromatic carbocycles. The van der Waals surface area contributed by atoms with Gasteiger partial charge in [-0.2, -0.15) is 10.1 Å². The van der Waals surface area contributed by atoms with E-state index in [9.17, 15) is 0 Å². The summed E-state index contributed by atoms with van der Waals surface area (Å²) in [6.07, 6.45) is 5.25. The fraction of sp³-hybridized carbons (Fsp3) is 0.368. The van der Waals surface area contributed by atoms with Crippen molar-refractivity contribution < 1.29 is 4.52 Å². The minimum atomic E-state index is 0.593. The van der Waals surface area contributed by atoms with Gasteiger partial charge >= 0.3 is 0 Å². The summed E-state index contributed by atoms with van der Waals surface area (Å²) in [5, 5.41) is 14.6. The first kappa shape index (κ1) is 18.6. The van der Waals surface area contributed by atoms with E-state index in [-0.39, 0.29) is 0 Å². The molecule has 0 bridgehead atoms. The van der Waals surface area contributed by atoms with Gasteiger partial charge in [0.25, 0.3) is 0 Å². The lowest BCUT2D eigenvalue weighted by molar-refractivity contribution is 0.376. The molecule has 0 saturated heterocycles. The summed E-state index contributed by atoms with van der Waals surface area (Å²) >= 11 is 0. The van der Waals surface area contributed by atoms with Gasteiger partial charge in [-0.05, 0) is 44.0 Å². The molecule has 3 rings (SSSR count). The first-order valence-electron chi connectivity index (χ1n) is 9.15. The maximum absolute atomic E-state index is 5.10. The predicted octanol–water partition coefficient (Wildman–Crippen LogP) is 1.90. The summed E-state index contributed by atoms with van der Waals surface area (Å²) in [5.41, 5.74) is 2.32. The van der Waals surface area contributed by atoms with E-state index in [0.29, 0.717) is 24.7 Å². The molecule has 0 saturated carbocycles. The van der Waals surface area contributed by atoms with Crippen LogP contribution in [0.25, 0.3) is 5.69 Å². The molecule has 142 valence electrons. The van der Waals surface area contributed by atoms with Gasteiger partial charge in [0.1, 0.15) is 0 Å². The molecular formula is C19H25N7O. The van der Waals surface area contributed by atoms with Crippen molar-refractivity contribution in [2.24, 2.45) is 4.99 Å². The molecule has 27 heavy (non-hydrogen) atoms. The number of nitrogens with one attached hydrogen (secondary N) is 2. The van der Waals surface area contributed by atoms with Crippen LogP contribution in [0.1, 0.15) is 24.2 Å². The first-order chi connectivity index (χ1) is 13.2. The Bertz CT molecular complexity index is 837. The molecule has 0 aliphatic heterocycles. The summed E-state index contributed by atoms with van der Waals surface area (Å²) < 4.78 is 6.95. The van der Waals surface area contributed by atoms with E-state index in [4.69, 9.17) is 4.52 Å². The number of guanidine groups is 1. The van der Waals surface area contributed by atoms with E-state index in [2.05, 4.69) is 55.1 Å². The molecule has 0 aliphatic rings. The molecule has 0 atom stereocenters. The quantitative estimate of drug-likeness (QED) is 0.467. The van der Waals surface area contributed by atoms with E-state index < -0.39 is 0 Å². The number of aliphatic imine (C=N–C) groups is 1. The standard InChI is InChI=1S/C19H25N7O/c1-3-20-19(22-13-10-18-24-15(2)25-27-18)21-12-9-16-5-7-17(8-6-16)26-14-4-11-23-26/h4-8,11,14H,3,9-10,12-13H2,1-2H3,(H2,20,21,22). The summed E-state index contributed by atoms with van der Waals surface area (Å²) in [6, 6.07) is 10.3. The molecular weight excluding hydrogens is 342 g/mol.